The summed E-state index contributed by atoms with van der Waals surface area (Å²) in [4.78, 5) is 16.0. The molecule has 0 unspecified atom stereocenters. The highest BCUT2D eigenvalue weighted by Crippen LogP contribution is 2.22. The van der Waals surface area contributed by atoms with Gasteiger partial charge in [0.2, 0.25) is 0 Å². The van der Waals surface area contributed by atoms with Crippen molar-refractivity contribution in [1.29, 1.82) is 0 Å². The van der Waals surface area contributed by atoms with Crippen LogP contribution in [0.2, 0.25) is 0 Å². The lowest BCUT2D eigenvalue weighted by Crippen LogP contribution is -1.99. The molecule has 102 valence electrons. The highest BCUT2D eigenvalue weighted by molar-refractivity contribution is 7.78. The molecule has 2 aromatic carbocycles. The summed E-state index contributed by atoms with van der Waals surface area (Å²) in [5.41, 5.74) is 2.43. The molecular weight excluding hydrogens is 282 g/mol. The fourth-order valence-electron chi connectivity index (χ4n) is 2.14. The van der Waals surface area contributed by atoms with Crippen molar-refractivity contribution < 1.29 is 4.42 Å². The van der Waals surface area contributed by atoms with Crippen molar-refractivity contribution in [3.05, 3.63) is 70.4 Å². The van der Waals surface area contributed by atoms with Gasteiger partial charge in [-0.25, -0.2) is 4.99 Å². The largest absolute Gasteiger partial charge is 0.456 e. The molecular formula is C17H11NO2S. The summed E-state index contributed by atoms with van der Waals surface area (Å²) in [5, 5.41) is 2.93. The molecule has 3 nitrogen and oxygen atoms in total. The minimum absolute atomic E-state index is 0.0405. The second-order valence-electron chi connectivity index (χ2n) is 4.58. The number of fused-ring (bicyclic) bond motifs is 1. The van der Waals surface area contributed by atoms with E-state index < -0.39 is 0 Å². The number of hydrogen-bond acceptors (Lipinski definition) is 4. The zero-order chi connectivity index (χ0) is 14.7. The molecule has 1 aromatic heterocycles. The number of thiocarbonyl (C=S) groups is 1. The molecule has 0 fully saturated rings. The predicted molar refractivity (Wildman–Crippen MR) is 86.7 cm³/mol. The monoisotopic (exact) mass is 293 g/mol. The number of aliphatic imine (C=N–C) groups is 1. The molecule has 21 heavy (non-hydrogen) atoms. The van der Waals surface area contributed by atoms with Gasteiger partial charge in [0, 0.05) is 11.6 Å². The second kappa shape index (κ2) is 5.83. The third-order valence-electron chi connectivity index (χ3n) is 3.20. The lowest BCUT2D eigenvalue weighted by atomic mass is 10.1. The van der Waals surface area contributed by atoms with Gasteiger partial charge in [0.25, 0.3) is 0 Å². The van der Waals surface area contributed by atoms with Crippen LogP contribution in [0.4, 0.5) is 0 Å². The van der Waals surface area contributed by atoms with E-state index in [4.69, 9.17) is 4.42 Å². The molecule has 0 saturated carbocycles. The summed E-state index contributed by atoms with van der Waals surface area (Å²) in [6, 6.07) is 16.4. The van der Waals surface area contributed by atoms with Crippen LogP contribution in [0.5, 0.6) is 0 Å². The van der Waals surface area contributed by atoms with Crippen molar-refractivity contribution in [2.24, 2.45) is 4.99 Å². The highest BCUT2D eigenvalue weighted by Gasteiger charge is 2.06. The van der Waals surface area contributed by atoms with E-state index in [1.54, 1.807) is 12.1 Å². The van der Waals surface area contributed by atoms with Crippen LogP contribution in [0.25, 0.3) is 22.3 Å². The Bertz CT molecular complexity index is 891. The standard InChI is InChI=1S/C17H11NO2S/c19-15-9-17(20-16-4-2-1-3-14(15)16)13-7-5-12(6-8-13)10-18-11-21/h1-9H,10H2. The minimum atomic E-state index is -0.0405. The molecule has 0 bridgehead atoms. The maximum Gasteiger partial charge on any atom is 0.193 e. The van der Waals surface area contributed by atoms with Crippen LogP contribution in [-0.2, 0) is 6.54 Å². The average molecular weight is 293 g/mol. The number of isothiocyanates is 1. The van der Waals surface area contributed by atoms with Gasteiger partial charge in [-0.05, 0) is 29.9 Å². The summed E-state index contributed by atoms with van der Waals surface area (Å²) >= 11 is 4.55. The first-order chi connectivity index (χ1) is 10.3. The Balaban J connectivity index is 2.04. The van der Waals surface area contributed by atoms with Crippen molar-refractivity contribution >= 4 is 28.3 Å². The summed E-state index contributed by atoms with van der Waals surface area (Å²) in [7, 11) is 0. The van der Waals surface area contributed by atoms with Gasteiger partial charge in [0.15, 0.2) is 5.43 Å². The van der Waals surface area contributed by atoms with Gasteiger partial charge in [-0.15, -0.1) is 0 Å². The Morgan fingerprint density at radius 1 is 1.10 bits per heavy atom. The number of para-hydroxylation sites is 1. The molecule has 0 aliphatic heterocycles. The fraction of sp³-hybridized carbons (Fsp3) is 0.0588. The van der Waals surface area contributed by atoms with E-state index in [0.29, 0.717) is 23.3 Å². The van der Waals surface area contributed by atoms with Gasteiger partial charge in [0.05, 0.1) is 17.1 Å². The van der Waals surface area contributed by atoms with E-state index in [9.17, 15) is 4.79 Å². The highest BCUT2D eigenvalue weighted by atomic mass is 32.1. The van der Waals surface area contributed by atoms with E-state index in [0.717, 1.165) is 11.1 Å². The quantitative estimate of drug-likeness (QED) is 0.540. The Labute approximate surface area is 126 Å². The topological polar surface area (TPSA) is 42.6 Å². The van der Waals surface area contributed by atoms with Gasteiger partial charge in [-0.3, -0.25) is 4.79 Å². The van der Waals surface area contributed by atoms with E-state index >= 15 is 0 Å². The molecule has 0 saturated heterocycles. The van der Waals surface area contributed by atoms with E-state index in [2.05, 4.69) is 22.4 Å². The average Bonchev–Trinajstić information content (AvgIpc) is 2.53. The molecule has 4 heteroatoms. The molecule has 0 aliphatic carbocycles. The van der Waals surface area contributed by atoms with Crippen LogP contribution >= 0.6 is 12.2 Å². The summed E-state index contributed by atoms with van der Waals surface area (Å²) in [6.07, 6.45) is 0. The number of hydrogen-bond donors (Lipinski definition) is 0. The number of benzene rings is 2. The molecule has 0 amide bonds. The van der Waals surface area contributed by atoms with Gasteiger partial charge in [0.1, 0.15) is 11.3 Å². The molecule has 1 heterocycles. The smallest absolute Gasteiger partial charge is 0.193 e. The first kappa shape index (κ1) is 13.4. The molecule has 3 aromatic rings. The van der Waals surface area contributed by atoms with E-state index in [-0.39, 0.29) is 5.43 Å². The van der Waals surface area contributed by atoms with Gasteiger partial charge < -0.3 is 4.42 Å². The lowest BCUT2D eigenvalue weighted by Gasteiger charge is -2.04. The van der Waals surface area contributed by atoms with Crippen LogP contribution in [-0.4, -0.2) is 5.16 Å². The lowest BCUT2D eigenvalue weighted by molar-refractivity contribution is 0.619. The molecule has 0 aliphatic rings. The molecule has 0 spiro atoms. The zero-order valence-corrected chi connectivity index (χ0v) is 11.9. The maximum absolute atomic E-state index is 12.1. The van der Waals surface area contributed by atoms with E-state index in [1.165, 1.54) is 6.07 Å². The van der Waals surface area contributed by atoms with Gasteiger partial charge >= 0.3 is 0 Å². The zero-order valence-electron chi connectivity index (χ0n) is 11.1. The molecule has 0 radical (unpaired) electrons. The maximum atomic E-state index is 12.1. The Hall–Kier alpha value is -2.55. The minimum Gasteiger partial charge on any atom is -0.456 e. The predicted octanol–water partition coefficient (Wildman–Crippen LogP) is 4.06. The molecule has 3 rings (SSSR count). The first-order valence-electron chi connectivity index (χ1n) is 6.44. The van der Waals surface area contributed by atoms with Crippen LogP contribution in [0.1, 0.15) is 5.56 Å². The Morgan fingerprint density at radius 2 is 1.86 bits per heavy atom. The fourth-order valence-corrected chi connectivity index (χ4v) is 2.21. The van der Waals surface area contributed by atoms with Crippen molar-refractivity contribution in [1.82, 2.24) is 0 Å². The summed E-state index contributed by atoms with van der Waals surface area (Å²) in [5.74, 6) is 0.559. The SMILES string of the molecule is O=c1cc(-c2ccc(CN=C=S)cc2)oc2ccccc12. The third-order valence-corrected chi connectivity index (χ3v) is 3.33. The van der Waals surface area contributed by atoms with Crippen LogP contribution in [0.15, 0.2) is 68.8 Å². The van der Waals surface area contributed by atoms with E-state index in [1.807, 2.05) is 36.4 Å². The Kier molecular flexibility index (Phi) is 3.73. The molecule has 0 atom stereocenters. The number of nitrogens with zero attached hydrogens (tertiary/aromatic N) is 1. The van der Waals surface area contributed by atoms with Crippen molar-refractivity contribution in [2.45, 2.75) is 6.54 Å². The van der Waals surface area contributed by atoms with Crippen molar-refractivity contribution in [3.63, 3.8) is 0 Å². The van der Waals surface area contributed by atoms with Crippen LogP contribution in [0, 0.1) is 0 Å². The second-order valence-corrected chi connectivity index (χ2v) is 4.76. The third kappa shape index (κ3) is 2.82. The van der Waals surface area contributed by atoms with Gasteiger partial charge in [-0.1, -0.05) is 36.4 Å². The number of rotatable bonds is 3. The Morgan fingerprint density at radius 3 is 2.62 bits per heavy atom. The first-order valence-corrected chi connectivity index (χ1v) is 6.84. The van der Waals surface area contributed by atoms with Crippen molar-refractivity contribution in [2.75, 3.05) is 0 Å². The van der Waals surface area contributed by atoms with Gasteiger partial charge in [-0.2, -0.15) is 0 Å². The van der Waals surface area contributed by atoms with Crippen LogP contribution in [0.3, 0.4) is 0 Å². The van der Waals surface area contributed by atoms with Crippen LogP contribution < -0.4 is 5.43 Å². The summed E-state index contributed by atoms with van der Waals surface area (Å²) < 4.78 is 5.80. The normalized spacial score (nSPS) is 10.3. The molecule has 0 N–H and O–H groups in total. The van der Waals surface area contributed by atoms with Crippen molar-refractivity contribution in [3.8, 4) is 11.3 Å². The summed E-state index contributed by atoms with van der Waals surface area (Å²) in [6.45, 7) is 0.505.